The van der Waals surface area contributed by atoms with Gasteiger partial charge < -0.3 is 0 Å². The van der Waals surface area contributed by atoms with Crippen LogP contribution in [0.1, 0.15) is 6.92 Å². The second-order valence-corrected chi connectivity index (χ2v) is 1.90. The van der Waals surface area contributed by atoms with Crippen molar-refractivity contribution in [3.63, 3.8) is 0 Å². The van der Waals surface area contributed by atoms with E-state index in [1.165, 1.54) is 0 Å². The van der Waals surface area contributed by atoms with E-state index in [1.54, 1.807) is 0 Å². The van der Waals surface area contributed by atoms with Gasteiger partial charge in [0.1, 0.15) is 0 Å². The smallest absolute Gasteiger partial charge is 0.0987 e. The van der Waals surface area contributed by atoms with Crippen LogP contribution in [0.15, 0.2) is 4.99 Å². The quantitative estimate of drug-likeness (QED) is 0.427. The lowest BCUT2D eigenvalue weighted by atomic mass is 10.5. The maximum Gasteiger partial charge on any atom is 0.0987 e. The summed E-state index contributed by atoms with van der Waals surface area (Å²) in [7, 11) is 2.07. The molecular weight excluding hydrogens is 88.1 g/mol. The average Bonchev–Trinajstić information content (AvgIpc) is 1.91. The molecule has 0 aromatic heterocycles. The largest absolute Gasteiger partial charge is 0.280 e. The van der Waals surface area contributed by atoms with Crippen LogP contribution in [0, 0.1) is 0 Å². The van der Waals surface area contributed by atoms with Crippen LogP contribution < -0.4 is 0 Å². The summed E-state index contributed by atoms with van der Waals surface area (Å²) in [6.07, 6.45) is 2.37. The molecular formula is C5H10N2. The Labute approximate surface area is 43.8 Å². The maximum absolute atomic E-state index is 4.12. The first-order valence-corrected chi connectivity index (χ1v) is 2.52. The summed E-state index contributed by atoms with van der Waals surface area (Å²) in [6.45, 7) is 3.10. The predicted molar refractivity (Wildman–Crippen MR) is 30.6 cm³/mol. The Morgan fingerprint density at radius 1 is 1.86 bits per heavy atom. The third kappa shape index (κ3) is 0.800. The molecule has 1 heterocycles. The average molecular weight is 98.1 g/mol. The van der Waals surface area contributed by atoms with Crippen LogP contribution >= 0.6 is 0 Å². The molecule has 1 rings (SSSR count). The molecule has 1 aliphatic rings. The highest BCUT2D eigenvalue weighted by Gasteiger charge is 2.08. The van der Waals surface area contributed by atoms with Crippen molar-refractivity contribution < 1.29 is 0 Å². The van der Waals surface area contributed by atoms with Crippen molar-refractivity contribution in [2.24, 2.45) is 4.99 Å². The van der Waals surface area contributed by atoms with E-state index >= 15 is 0 Å². The molecule has 0 bridgehead atoms. The minimum Gasteiger partial charge on any atom is -0.280 e. The van der Waals surface area contributed by atoms with Gasteiger partial charge in [0.05, 0.1) is 6.17 Å². The molecule has 0 aromatic carbocycles. The molecule has 1 atom stereocenters. The summed E-state index contributed by atoms with van der Waals surface area (Å²) in [5.41, 5.74) is 0. The van der Waals surface area contributed by atoms with Gasteiger partial charge in [-0.3, -0.25) is 9.89 Å². The van der Waals surface area contributed by atoms with Crippen LogP contribution in [0.25, 0.3) is 0 Å². The third-order valence-corrected chi connectivity index (χ3v) is 1.33. The zero-order valence-corrected chi connectivity index (χ0v) is 4.76. The molecule has 0 aliphatic carbocycles. The molecule has 0 fully saturated rings. The summed E-state index contributed by atoms with van der Waals surface area (Å²) >= 11 is 0. The van der Waals surface area contributed by atoms with Gasteiger partial charge in [-0.2, -0.15) is 0 Å². The number of aliphatic imine (C=N–C) groups is 1. The molecule has 2 nitrogen and oxygen atoms in total. The lowest BCUT2D eigenvalue weighted by Crippen LogP contribution is -2.22. The minimum absolute atomic E-state index is 0.417. The van der Waals surface area contributed by atoms with Gasteiger partial charge in [0.15, 0.2) is 0 Å². The summed E-state index contributed by atoms with van der Waals surface area (Å²) in [6, 6.07) is 0. The SMILES string of the molecule is CC1N=CCN1C. The first-order chi connectivity index (χ1) is 3.30. The number of hydrogen-bond acceptors (Lipinski definition) is 2. The summed E-state index contributed by atoms with van der Waals surface area (Å²) < 4.78 is 0. The Balaban J connectivity index is 2.45. The Hall–Kier alpha value is -0.370. The molecule has 0 aromatic rings. The highest BCUT2D eigenvalue weighted by molar-refractivity contribution is 5.61. The Kier molecular flexibility index (Phi) is 1.11. The molecule has 0 radical (unpaired) electrons. The molecule has 0 spiro atoms. The maximum atomic E-state index is 4.12. The van der Waals surface area contributed by atoms with E-state index in [4.69, 9.17) is 0 Å². The second-order valence-electron chi connectivity index (χ2n) is 1.90. The first-order valence-electron chi connectivity index (χ1n) is 2.52. The van der Waals surface area contributed by atoms with Crippen LogP contribution in [0.3, 0.4) is 0 Å². The highest BCUT2D eigenvalue weighted by Crippen LogP contribution is 1.99. The van der Waals surface area contributed by atoms with Crippen molar-refractivity contribution in [1.82, 2.24) is 4.90 Å². The fourth-order valence-electron chi connectivity index (χ4n) is 0.595. The van der Waals surface area contributed by atoms with Gasteiger partial charge in [-0.05, 0) is 14.0 Å². The fraction of sp³-hybridized carbons (Fsp3) is 0.800. The third-order valence-electron chi connectivity index (χ3n) is 1.33. The molecule has 1 unspecified atom stereocenters. The van der Waals surface area contributed by atoms with Crippen molar-refractivity contribution in [1.29, 1.82) is 0 Å². The predicted octanol–water partition coefficient (Wildman–Crippen LogP) is 0.349. The van der Waals surface area contributed by atoms with E-state index in [-0.39, 0.29) is 0 Å². The number of hydrogen-bond donors (Lipinski definition) is 0. The second kappa shape index (κ2) is 1.62. The zero-order chi connectivity index (χ0) is 5.28. The van der Waals surface area contributed by atoms with E-state index in [2.05, 4.69) is 23.9 Å². The van der Waals surface area contributed by atoms with Crippen LogP contribution in [0.5, 0.6) is 0 Å². The van der Waals surface area contributed by atoms with Gasteiger partial charge in [0.2, 0.25) is 0 Å². The molecule has 7 heavy (non-hydrogen) atoms. The highest BCUT2D eigenvalue weighted by atomic mass is 15.2. The molecule has 0 N–H and O–H groups in total. The van der Waals surface area contributed by atoms with Crippen molar-refractivity contribution in [2.75, 3.05) is 13.6 Å². The fourth-order valence-corrected chi connectivity index (χ4v) is 0.595. The number of nitrogens with zero attached hydrogens (tertiary/aromatic N) is 2. The van der Waals surface area contributed by atoms with E-state index in [9.17, 15) is 0 Å². The topological polar surface area (TPSA) is 15.6 Å². The summed E-state index contributed by atoms with van der Waals surface area (Å²) in [4.78, 5) is 6.30. The van der Waals surface area contributed by atoms with Crippen molar-refractivity contribution >= 4 is 6.21 Å². The molecule has 2 heteroatoms. The lowest BCUT2D eigenvalue weighted by molar-refractivity contribution is 0.327. The van der Waals surface area contributed by atoms with Gasteiger partial charge in [0.25, 0.3) is 0 Å². The van der Waals surface area contributed by atoms with Crippen LogP contribution in [0.2, 0.25) is 0 Å². The molecule has 0 saturated carbocycles. The van der Waals surface area contributed by atoms with Gasteiger partial charge in [-0.15, -0.1) is 0 Å². The zero-order valence-electron chi connectivity index (χ0n) is 4.76. The summed E-state index contributed by atoms with van der Waals surface area (Å²) in [5.74, 6) is 0. The van der Waals surface area contributed by atoms with Gasteiger partial charge in [-0.1, -0.05) is 0 Å². The Morgan fingerprint density at radius 3 is 2.71 bits per heavy atom. The van der Waals surface area contributed by atoms with Gasteiger partial charge >= 0.3 is 0 Å². The van der Waals surface area contributed by atoms with E-state index in [1.807, 2.05) is 6.21 Å². The van der Waals surface area contributed by atoms with Gasteiger partial charge in [-0.25, -0.2) is 0 Å². The van der Waals surface area contributed by atoms with E-state index in [0.717, 1.165) is 6.54 Å². The van der Waals surface area contributed by atoms with Crippen molar-refractivity contribution in [3.8, 4) is 0 Å². The minimum atomic E-state index is 0.417. The van der Waals surface area contributed by atoms with Crippen molar-refractivity contribution in [2.45, 2.75) is 13.1 Å². The standard InChI is InChI=1S/C5H10N2/c1-5-6-3-4-7(5)2/h3,5H,4H2,1-2H3. The normalized spacial score (nSPS) is 32.0. The molecule has 0 saturated heterocycles. The van der Waals surface area contributed by atoms with E-state index in [0.29, 0.717) is 6.17 Å². The lowest BCUT2D eigenvalue weighted by Gasteiger charge is -2.10. The Bertz CT molecular complexity index is 88.1. The van der Waals surface area contributed by atoms with Gasteiger partial charge in [0, 0.05) is 12.8 Å². The van der Waals surface area contributed by atoms with Crippen LogP contribution in [0.4, 0.5) is 0 Å². The monoisotopic (exact) mass is 98.1 g/mol. The molecule has 40 valence electrons. The first kappa shape index (κ1) is 4.78. The molecule has 0 amide bonds. The van der Waals surface area contributed by atoms with Crippen LogP contribution in [-0.2, 0) is 0 Å². The number of rotatable bonds is 0. The summed E-state index contributed by atoms with van der Waals surface area (Å²) in [5, 5.41) is 0. The Morgan fingerprint density at radius 2 is 2.57 bits per heavy atom. The van der Waals surface area contributed by atoms with E-state index < -0.39 is 0 Å². The van der Waals surface area contributed by atoms with Crippen molar-refractivity contribution in [3.05, 3.63) is 0 Å². The molecule has 1 aliphatic heterocycles. The van der Waals surface area contributed by atoms with Crippen LogP contribution in [-0.4, -0.2) is 30.9 Å².